The fourth-order valence-corrected chi connectivity index (χ4v) is 3.66. The third-order valence-corrected chi connectivity index (χ3v) is 5.48. The summed E-state index contributed by atoms with van der Waals surface area (Å²) in [5, 5.41) is 19.3. The molecule has 2 aromatic carbocycles. The predicted molar refractivity (Wildman–Crippen MR) is 134 cm³/mol. The van der Waals surface area contributed by atoms with Crippen LogP contribution in [-0.4, -0.2) is 71.1 Å². The molecule has 0 amide bonds. The average molecular weight is 467 g/mol. The van der Waals surface area contributed by atoms with Crippen LogP contribution in [0.2, 0.25) is 0 Å². The van der Waals surface area contributed by atoms with Gasteiger partial charge in [0, 0.05) is 32.3 Å². The molecular formula is C26H34N4O4. The molecule has 0 saturated heterocycles. The molecule has 3 N–H and O–H groups in total. The monoisotopic (exact) mass is 466 g/mol. The van der Waals surface area contributed by atoms with E-state index in [2.05, 4.69) is 90.6 Å². The van der Waals surface area contributed by atoms with Crippen molar-refractivity contribution in [1.82, 2.24) is 15.1 Å². The number of nitrogens with zero attached hydrogens (tertiary/aromatic N) is 3. The second kappa shape index (κ2) is 13.8. The molecule has 1 aliphatic heterocycles. The molecule has 0 aromatic heterocycles. The van der Waals surface area contributed by atoms with Gasteiger partial charge in [0.2, 0.25) is 0 Å². The molecular weight excluding hydrogens is 432 g/mol. The second-order valence-electron chi connectivity index (χ2n) is 7.78. The number of rotatable bonds is 8. The SMILES string of the molecule is CCN(CC)CCN=C1NC(c2ccccc2)c2ccccc2CN1C.O=C(O)/C=C/C(=O)O. The van der Waals surface area contributed by atoms with Crippen molar-refractivity contribution >= 4 is 17.9 Å². The number of carbonyl (C=O) groups is 2. The standard InChI is InChI=1S/C22H30N4.C4H4O4/c1-4-26(5-2)16-15-23-22-24-21(18-11-7-6-8-12-18)20-14-10-9-13-19(20)17-25(22)3;5-3(6)1-2-4(7)8/h6-14,21H,4-5,15-17H2,1-3H3,(H,23,24);1-2H,(H,5,6)(H,7,8)/b;2-1+. The minimum absolute atomic E-state index is 0.129. The van der Waals surface area contributed by atoms with Crippen LogP contribution in [-0.2, 0) is 16.1 Å². The number of fused-ring (bicyclic) bond motifs is 1. The van der Waals surface area contributed by atoms with E-state index in [-0.39, 0.29) is 6.04 Å². The van der Waals surface area contributed by atoms with E-state index in [1.165, 1.54) is 16.7 Å². The molecule has 34 heavy (non-hydrogen) atoms. The van der Waals surface area contributed by atoms with Crippen molar-refractivity contribution in [3.05, 3.63) is 83.4 Å². The lowest BCUT2D eigenvalue weighted by Gasteiger charge is -2.23. The zero-order valence-electron chi connectivity index (χ0n) is 20.0. The van der Waals surface area contributed by atoms with Crippen molar-refractivity contribution in [1.29, 1.82) is 0 Å². The van der Waals surface area contributed by atoms with Gasteiger partial charge < -0.3 is 25.3 Å². The number of guanidine groups is 1. The summed E-state index contributed by atoms with van der Waals surface area (Å²) in [6, 6.07) is 19.5. The first-order chi connectivity index (χ1) is 16.3. The third kappa shape index (κ3) is 8.37. The molecule has 1 atom stereocenters. The molecule has 0 fully saturated rings. The van der Waals surface area contributed by atoms with Crippen LogP contribution in [0.5, 0.6) is 0 Å². The summed E-state index contributed by atoms with van der Waals surface area (Å²) in [6.07, 6.45) is 1.12. The Balaban J connectivity index is 0.000000440. The van der Waals surface area contributed by atoms with Crippen LogP contribution < -0.4 is 5.32 Å². The van der Waals surface area contributed by atoms with Gasteiger partial charge in [-0.05, 0) is 29.8 Å². The number of aliphatic imine (C=N–C) groups is 1. The van der Waals surface area contributed by atoms with E-state index in [4.69, 9.17) is 15.2 Å². The molecule has 1 heterocycles. The Morgan fingerprint density at radius 3 is 2.21 bits per heavy atom. The van der Waals surface area contributed by atoms with Crippen molar-refractivity contribution < 1.29 is 19.8 Å². The van der Waals surface area contributed by atoms with Crippen LogP contribution in [0.1, 0.15) is 36.6 Å². The first-order valence-corrected chi connectivity index (χ1v) is 11.4. The Morgan fingerprint density at radius 2 is 1.62 bits per heavy atom. The van der Waals surface area contributed by atoms with Crippen LogP contribution >= 0.6 is 0 Å². The summed E-state index contributed by atoms with van der Waals surface area (Å²) in [4.78, 5) is 28.6. The summed E-state index contributed by atoms with van der Waals surface area (Å²) in [5.74, 6) is -1.54. The number of benzene rings is 2. The van der Waals surface area contributed by atoms with E-state index in [0.29, 0.717) is 12.2 Å². The molecule has 1 aliphatic rings. The Kier molecular flexibility index (Phi) is 10.8. The number of aliphatic carboxylic acids is 2. The lowest BCUT2D eigenvalue weighted by molar-refractivity contribution is -0.134. The highest BCUT2D eigenvalue weighted by molar-refractivity contribution is 5.89. The smallest absolute Gasteiger partial charge is 0.328 e. The van der Waals surface area contributed by atoms with Crippen molar-refractivity contribution in [2.75, 3.05) is 33.2 Å². The number of hydrogen-bond acceptors (Lipinski definition) is 4. The minimum atomic E-state index is -1.26. The van der Waals surface area contributed by atoms with Gasteiger partial charge in [0.05, 0.1) is 12.6 Å². The highest BCUT2D eigenvalue weighted by atomic mass is 16.4. The molecule has 0 bridgehead atoms. The molecule has 0 radical (unpaired) electrons. The quantitative estimate of drug-likeness (QED) is 0.513. The van der Waals surface area contributed by atoms with Gasteiger partial charge in [-0.1, -0.05) is 68.4 Å². The van der Waals surface area contributed by atoms with Gasteiger partial charge in [-0.3, -0.25) is 4.99 Å². The van der Waals surface area contributed by atoms with Crippen molar-refractivity contribution in [2.45, 2.75) is 26.4 Å². The third-order valence-electron chi connectivity index (χ3n) is 5.48. The van der Waals surface area contributed by atoms with E-state index in [1.807, 2.05) is 0 Å². The van der Waals surface area contributed by atoms with E-state index >= 15 is 0 Å². The molecule has 8 heteroatoms. The fraction of sp³-hybridized carbons (Fsp3) is 0.346. The largest absolute Gasteiger partial charge is 0.478 e. The van der Waals surface area contributed by atoms with Gasteiger partial charge in [0.15, 0.2) is 5.96 Å². The molecule has 0 saturated carbocycles. The normalized spacial score (nSPS) is 16.4. The number of carboxylic acid groups (broad SMARTS) is 2. The van der Waals surface area contributed by atoms with Crippen molar-refractivity contribution in [2.24, 2.45) is 4.99 Å². The average Bonchev–Trinajstić information content (AvgIpc) is 2.97. The van der Waals surface area contributed by atoms with Gasteiger partial charge in [0.1, 0.15) is 0 Å². The fourth-order valence-electron chi connectivity index (χ4n) is 3.66. The van der Waals surface area contributed by atoms with Crippen LogP contribution in [0.25, 0.3) is 0 Å². The number of nitrogens with one attached hydrogen (secondary N) is 1. The van der Waals surface area contributed by atoms with E-state index < -0.39 is 11.9 Å². The maximum atomic E-state index is 9.55. The number of hydrogen-bond donors (Lipinski definition) is 3. The number of likely N-dealkylation sites (N-methyl/N-ethyl adjacent to an activating group) is 1. The van der Waals surface area contributed by atoms with E-state index in [9.17, 15) is 9.59 Å². The van der Waals surface area contributed by atoms with Crippen LogP contribution in [0.4, 0.5) is 0 Å². The summed E-state index contributed by atoms with van der Waals surface area (Å²) in [6.45, 7) is 9.23. The highest BCUT2D eigenvalue weighted by Gasteiger charge is 2.24. The van der Waals surface area contributed by atoms with Crippen LogP contribution in [0.15, 0.2) is 71.7 Å². The first-order valence-electron chi connectivity index (χ1n) is 11.4. The van der Waals surface area contributed by atoms with Gasteiger partial charge in [0.25, 0.3) is 0 Å². The van der Waals surface area contributed by atoms with E-state index in [1.54, 1.807) is 0 Å². The maximum Gasteiger partial charge on any atom is 0.328 e. The van der Waals surface area contributed by atoms with Crippen molar-refractivity contribution in [3.63, 3.8) is 0 Å². The van der Waals surface area contributed by atoms with E-state index in [0.717, 1.165) is 38.7 Å². The summed E-state index contributed by atoms with van der Waals surface area (Å²) >= 11 is 0. The summed E-state index contributed by atoms with van der Waals surface area (Å²) in [5.41, 5.74) is 3.96. The number of carboxylic acids is 2. The zero-order valence-corrected chi connectivity index (χ0v) is 20.0. The molecule has 0 spiro atoms. The Morgan fingerprint density at radius 1 is 1.03 bits per heavy atom. The Labute approximate surface area is 201 Å². The Hall–Kier alpha value is -3.65. The van der Waals surface area contributed by atoms with Gasteiger partial charge >= 0.3 is 11.9 Å². The maximum absolute atomic E-state index is 9.55. The predicted octanol–water partition coefficient (Wildman–Crippen LogP) is 3.22. The molecule has 3 rings (SSSR count). The molecule has 182 valence electrons. The second-order valence-corrected chi connectivity index (χ2v) is 7.78. The molecule has 8 nitrogen and oxygen atoms in total. The molecule has 1 unspecified atom stereocenters. The Bertz CT molecular complexity index is 971. The minimum Gasteiger partial charge on any atom is -0.478 e. The van der Waals surface area contributed by atoms with Crippen LogP contribution in [0.3, 0.4) is 0 Å². The lowest BCUT2D eigenvalue weighted by Crippen LogP contribution is -2.39. The molecule has 0 aliphatic carbocycles. The summed E-state index contributed by atoms with van der Waals surface area (Å²) in [7, 11) is 2.12. The lowest BCUT2D eigenvalue weighted by atomic mass is 9.95. The van der Waals surface area contributed by atoms with Gasteiger partial charge in [-0.2, -0.15) is 0 Å². The van der Waals surface area contributed by atoms with Crippen LogP contribution in [0, 0.1) is 0 Å². The highest BCUT2D eigenvalue weighted by Crippen LogP contribution is 2.28. The van der Waals surface area contributed by atoms with Crippen molar-refractivity contribution in [3.8, 4) is 0 Å². The van der Waals surface area contributed by atoms with Gasteiger partial charge in [-0.15, -0.1) is 0 Å². The van der Waals surface area contributed by atoms with Gasteiger partial charge in [-0.25, -0.2) is 9.59 Å². The zero-order chi connectivity index (χ0) is 24.9. The topological polar surface area (TPSA) is 105 Å². The molecule has 2 aromatic rings. The summed E-state index contributed by atoms with van der Waals surface area (Å²) < 4.78 is 0. The first kappa shape index (κ1) is 26.6.